The van der Waals surface area contributed by atoms with Gasteiger partial charge in [-0.25, -0.2) is 4.98 Å². The van der Waals surface area contributed by atoms with Crippen molar-refractivity contribution in [3.05, 3.63) is 83.4 Å². The second-order valence-corrected chi connectivity index (χ2v) is 5.86. The van der Waals surface area contributed by atoms with Gasteiger partial charge in [-0.1, -0.05) is 12.1 Å². The molecule has 126 valence electrons. The van der Waals surface area contributed by atoms with E-state index < -0.39 is 0 Å². The van der Waals surface area contributed by atoms with Gasteiger partial charge in [0, 0.05) is 11.9 Å². The Hall–Kier alpha value is -3.21. The molecule has 0 unspecified atom stereocenters. The average Bonchev–Trinajstić information content (AvgIpc) is 2.64. The maximum Gasteiger partial charge on any atom is 0.274 e. The van der Waals surface area contributed by atoms with Crippen LogP contribution in [-0.4, -0.2) is 15.9 Å². The summed E-state index contributed by atoms with van der Waals surface area (Å²) in [5.74, 6) is -0.223. The van der Waals surface area contributed by atoms with Crippen LogP contribution in [-0.2, 0) is 6.54 Å². The van der Waals surface area contributed by atoms with Crippen LogP contribution in [0.5, 0.6) is 0 Å². The molecule has 0 aliphatic heterocycles. The highest BCUT2D eigenvalue weighted by Gasteiger charge is 2.08. The first-order valence-corrected chi connectivity index (χ1v) is 8.10. The Bertz CT molecular complexity index is 861. The number of carbonyl (C=O) groups is 1. The second kappa shape index (κ2) is 7.57. The predicted octanol–water partition coefficient (Wildman–Crippen LogP) is 3.96. The molecule has 3 rings (SSSR count). The van der Waals surface area contributed by atoms with Crippen molar-refractivity contribution in [3.8, 4) is 0 Å². The standard InChI is InChI=1S/C20H20N4O/c1-14-6-7-16(11-15(14)2)24-20(25)19-9-8-18(13-23-19)22-12-17-5-3-4-10-21-17/h3-11,13,22H,12H2,1-2H3,(H,24,25). The summed E-state index contributed by atoms with van der Waals surface area (Å²) in [6, 6.07) is 15.2. The van der Waals surface area contributed by atoms with Crippen molar-refractivity contribution in [1.29, 1.82) is 0 Å². The molecular weight excluding hydrogens is 312 g/mol. The number of rotatable bonds is 5. The molecule has 2 aromatic heterocycles. The van der Waals surface area contributed by atoms with E-state index in [4.69, 9.17) is 0 Å². The largest absolute Gasteiger partial charge is 0.378 e. The zero-order chi connectivity index (χ0) is 17.6. The Labute approximate surface area is 147 Å². The fourth-order valence-corrected chi connectivity index (χ4v) is 2.34. The maximum absolute atomic E-state index is 12.3. The van der Waals surface area contributed by atoms with Crippen molar-refractivity contribution in [2.75, 3.05) is 10.6 Å². The number of anilines is 2. The minimum atomic E-state index is -0.223. The first-order chi connectivity index (χ1) is 12.1. The Kier molecular flexibility index (Phi) is 5.04. The predicted molar refractivity (Wildman–Crippen MR) is 99.7 cm³/mol. The molecule has 1 amide bonds. The number of pyridine rings is 2. The summed E-state index contributed by atoms with van der Waals surface area (Å²) in [6.45, 7) is 4.67. The molecule has 2 heterocycles. The van der Waals surface area contributed by atoms with Crippen LogP contribution < -0.4 is 10.6 Å². The molecule has 0 radical (unpaired) electrons. The summed E-state index contributed by atoms with van der Waals surface area (Å²) in [5, 5.41) is 6.11. The lowest BCUT2D eigenvalue weighted by Gasteiger charge is -2.08. The van der Waals surface area contributed by atoms with Crippen molar-refractivity contribution in [2.24, 2.45) is 0 Å². The molecule has 5 nitrogen and oxygen atoms in total. The lowest BCUT2D eigenvalue weighted by Crippen LogP contribution is -2.14. The SMILES string of the molecule is Cc1ccc(NC(=O)c2ccc(NCc3ccccn3)cn2)cc1C. The highest BCUT2D eigenvalue weighted by Crippen LogP contribution is 2.15. The summed E-state index contributed by atoms with van der Waals surface area (Å²) in [7, 11) is 0. The first kappa shape index (κ1) is 16.6. The van der Waals surface area contributed by atoms with Crippen LogP contribution in [0.15, 0.2) is 60.9 Å². The van der Waals surface area contributed by atoms with Gasteiger partial charge in [-0.3, -0.25) is 9.78 Å². The number of hydrogen-bond acceptors (Lipinski definition) is 4. The number of nitrogens with zero attached hydrogens (tertiary/aromatic N) is 2. The Balaban J connectivity index is 1.61. The van der Waals surface area contributed by atoms with E-state index in [9.17, 15) is 4.79 Å². The third kappa shape index (κ3) is 4.41. The summed E-state index contributed by atoms with van der Waals surface area (Å²) in [6.07, 6.45) is 3.41. The molecule has 0 aliphatic carbocycles. The van der Waals surface area contributed by atoms with Gasteiger partial charge in [0.25, 0.3) is 5.91 Å². The summed E-state index contributed by atoms with van der Waals surface area (Å²) in [4.78, 5) is 20.8. The number of nitrogens with one attached hydrogen (secondary N) is 2. The van der Waals surface area contributed by atoms with Crippen LogP contribution in [0.3, 0.4) is 0 Å². The van der Waals surface area contributed by atoms with E-state index in [1.807, 2.05) is 56.3 Å². The molecule has 1 aromatic carbocycles. The van der Waals surface area contributed by atoms with Crippen LogP contribution in [0.4, 0.5) is 11.4 Å². The van der Waals surface area contributed by atoms with Crippen molar-refractivity contribution in [1.82, 2.24) is 9.97 Å². The number of hydrogen-bond donors (Lipinski definition) is 2. The van der Waals surface area contributed by atoms with Gasteiger partial charge in [-0.2, -0.15) is 0 Å². The van der Waals surface area contributed by atoms with Crippen LogP contribution in [0.25, 0.3) is 0 Å². The number of amides is 1. The summed E-state index contributed by atoms with van der Waals surface area (Å²) in [5.41, 5.74) is 5.26. The van der Waals surface area contributed by atoms with E-state index in [0.29, 0.717) is 12.2 Å². The van der Waals surface area contributed by atoms with Crippen LogP contribution >= 0.6 is 0 Å². The first-order valence-electron chi connectivity index (χ1n) is 8.10. The van der Waals surface area contributed by atoms with Gasteiger partial charge in [0.15, 0.2) is 0 Å². The minimum absolute atomic E-state index is 0.223. The van der Waals surface area contributed by atoms with E-state index in [0.717, 1.165) is 22.6 Å². The highest BCUT2D eigenvalue weighted by molar-refractivity contribution is 6.03. The maximum atomic E-state index is 12.3. The molecule has 0 aliphatic rings. The molecule has 0 saturated heterocycles. The van der Waals surface area contributed by atoms with Crippen molar-refractivity contribution in [2.45, 2.75) is 20.4 Å². The van der Waals surface area contributed by atoms with Gasteiger partial charge in [0.2, 0.25) is 0 Å². The lowest BCUT2D eigenvalue weighted by molar-refractivity contribution is 0.102. The zero-order valence-corrected chi connectivity index (χ0v) is 14.3. The van der Waals surface area contributed by atoms with Crippen LogP contribution in [0.2, 0.25) is 0 Å². The van der Waals surface area contributed by atoms with E-state index in [-0.39, 0.29) is 5.91 Å². The van der Waals surface area contributed by atoms with Gasteiger partial charge in [-0.05, 0) is 61.4 Å². The number of aryl methyl sites for hydroxylation is 2. The zero-order valence-electron chi connectivity index (χ0n) is 14.3. The third-order valence-corrected chi connectivity index (χ3v) is 3.96. The normalized spacial score (nSPS) is 10.3. The molecular formula is C20H20N4O. The Morgan fingerprint density at radius 3 is 2.48 bits per heavy atom. The molecule has 5 heteroatoms. The molecule has 0 atom stereocenters. The Morgan fingerprint density at radius 2 is 1.80 bits per heavy atom. The molecule has 3 aromatic rings. The van der Waals surface area contributed by atoms with E-state index in [1.165, 1.54) is 5.56 Å². The van der Waals surface area contributed by atoms with Gasteiger partial charge in [0.05, 0.1) is 24.1 Å². The molecule has 2 N–H and O–H groups in total. The fourth-order valence-electron chi connectivity index (χ4n) is 2.34. The topological polar surface area (TPSA) is 66.9 Å². The van der Waals surface area contributed by atoms with Crippen molar-refractivity contribution < 1.29 is 4.79 Å². The monoisotopic (exact) mass is 332 g/mol. The van der Waals surface area contributed by atoms with E-state index in [1.54, 1.807) is 18.5 Å². The highest BCUT2D eigenvalue weighted by atomic mass is 16.1. The summed E-state index contributed by atoms with van der Waals surface area (Å²) >= 11 is 0. The van der Waals surface area contributed by atoms with Crippen LogP contribution in [0, 0.1) is 13.8 Å². The van der Waals surface area contributed by atoms with Crippen LogP contribution in [0.1, 0.15) is 27.3 Å². The van der Waals surface area contributed by atoms with Crippen molar-refractivity contribution >= 4 is 17.3 Å². The Morgan fingerprint density at radius 1 is 0.960 bits per heavy atom. The van der Waals surface area contributed by atoms with E-state index >= 15 is 0 Å². The van der Waals surface area contributed by atoms with Gasteiger partial charge in [-0.15, -0.1) is 0 Å². The molecule has 0 spiro atoms. The molecule has 0 fully saturated rings. The lowest BCUT2D eigenvalue weighted by atomic mass is 10.1. The van der Waals surface area contributed by atoms with Gasteiger partial charge >= 0.3 is 0 Å². The van der Waals surface area contributed by atoms with Gasteiger partial charge in [0.1, 0.15) is 5.69 Å². The van der Waals surface area contributed by atoms with Crippen molar-refractivity contribution in [3.63, 3.8) is 0 Å². The molecule has 0 bridgehead atoms. The second-order valence-electron chi connectivity index (χ2n) is 5.86. The summed E-state index contributed by atoms with van der Waals surface area (Å²) < 4.78 is 0. The molecule has 0 saturated carbocycles. The number of aromatic nitrogens is 2. The van der Waals surface area contributed by atoms with Gasteiger partial charge < -0.3 is 10.6 Å². The number of carbonyl (C=O) groups excluding carboxylic acids is 1. The smallest absolute Gasteiger partial charge is 0.274 e. The average molecular weight is 332 g/mol. The molecule has 25 heavy (non-hydrogen) atoms. The fraction of sp³-hybridized carbons (Fsp3) is 0.150. The van der Waals surface area contributed by atoms with E-state index in [2.05, 4.69) is 20.6 Å². The third-order valence-electron chi connectivity index (χ3n) is 3.96. The quantitative estimate of drug-likeness (QED) is 0.742. The number of benzene rings is 1. The minimum Gasteiger partial charge on any atom is -0.378 e.